The number of ether oxygens (including phenoxy) is 2. The van der Waals surface area contributed by atoms with Gasteiger partial charge in [-0.1, -0.05) is 18.2 Å². The molecule has 2 aromatic rings. The standard InChI is InChI=1S/C22H24N2O3/c1-15(18-9-8-17-5-3-4-6-19(17)12-18)24-22(25)14-27-20-10-7-16(13-23)11-21(20)26-2/h7-12,15H,3-6,14H2,1-2H3,(H,24,25)/t15-/m1/s1. The number of benzene rings is 2. The van der Waals surface area contributed by atoms with Gasteiger partial charge in [-0.15, -0.1) is 0 Å². The lowest BCUT2D eigenvalue weighted by Gasteiger charge is -2.20. The molecule has 0 aliphatic heterocycles. The number of carbonyl (C=O) groups excluding carboxylic acids is 1. The summed E-state index contributed by atoms with van der Waals surface area (Å²) in [6, 6.07) is 13.3. The molecule has 5 heteroatoms. The number of hydrogen-bond donors (Lipinski definition) is 1. The number of amides is 1. The topological polar surface area (TPSA) is 71.3 Å². The Labute approximate surface area is 159 Å². The van der Waals surface area contributed by atoms with Gasteiger partial charge in [0.15, 0.2) is 18.1 Å². The second-order valence-corrected chi connectivity index (χ2v) is 6.79. The van der Waals surface area contributed by atoms with E-state index in [0.29, 0.717) is 17.1 Å². The molecule has 1 aliphatic rings. The van der Waals surface area contributed by atoms with Crippen LogP contribution in [0.4, 0.5) is 0 Å². The van der Waals surface area contributed by atoms with E-state index in [4.69, 9.17) is 14.7 Å². The number of aryl methyl sites for hydroxylation is 2. The highest BCUT2D eigenvalue weighted by molar-refractivity contribution is 5.78. The smallest absolute Gasteiger partial charge is 0.258 e. The molecule has 0 aromatic heterocycles. The van der Waals surface area contributed by atoms with E-state index in [9.17, 15) is 4.79 Å². The molecule has 140 valence electrons. The lowest BCUT2D eigenvalue weighted by Crippen LogP contribution is -2.31. The number of fused-ring (bicyclic) bond motifs is 1. The third-order valence-electron chi connectivity index (χ3n) is 4.90. The lowest BCUT2D eigenvalue weighted by molar-refractivity contribution is -0.123. The van der Waals surface area contributed by atoms with Gasteiger partial charge in [-0.3, -0.25) is 4.79 Å². The SMILES string of the molecule is COc1cc(C#N)ccc1OCC(=O)N[C@H](C)c1ccc2c(c1)CCCC2. The molecule has 1 atom stereocenters. The first-order valence-electron chi connectivity index (χ1n) is 9.22. The molecule has 0 unspecified atom stereocenters. The summed E-state index contributed by atoms with van der Waals surface area (Å²) < 4.78 is 10.8. The number of methoxy groups -OCH3 is 1. The molecule has 1 N–H and O–H groups in total. The third kappa shape index (κ3) is 4.59. The second kappa shape index (κ2) is 8.59. The van der Waals surface area contributed by atoms with Crippen LogP contribution in [-0.2, 0) is 17.6 Å². The van der Waals surface area contributed by atoms with Crippen LogP contribution in [0.15, 0.2) is 36.4 Å². The summed E-state index contributed by atoms with van der Waals surface area (Å²) in [6.45, 7) is 1.86. The van der Waals surface area contributed by atoms with Gasteiger partial charge in [0.2, 0.25) is 0 Å². The Morgan fingerprint density at radius 2 is 1.93 bits per heavy atom. The van der Waals surface area contributed by atoms with Crippen molar-refractivity contribution < 1.29 is 14.3 Å². The molecule has 0 saturated heterocycles. The number of nitrogens with zero attached hydrogens (tertiary/aromatic N) is 1. The summed E-state index contributed by atoms with van der Waals surface area (Å²) in [5, 5.41) is 11.9. The van der Waals surface area contributed by atoms with Gasteiger partial charge in [0.25, 0.3) is 5.91 Å². The van der Waals surface area contributed by atoms with Crippen LogP contribution in [0.1, 0.15) is 48.1 Å². The molecule has 0 fully saturated rings. The molecule has 3 rings (SSSR count). The normalized spacial score (nSPS) is 13.8. The average Bonchev–Trinajstić information content (AvgIpc) is 2.71. The van der Waals surface area contributed by atoms with Gasteiger partial charge in [-0.25, -0.2) is 0 Å². The molecule has 0 bridgehead atoms. The van der Waals surface area contributed by atoms with Crippen LogP contribution in [0.25, 0.3) is 0 Å². The highest BCUT2D eigenvalue weighted by Gasteiger charge is 2.15. The summed E-state index contributed by atoms with van der Waals surface area (Å²) in [5.74, 6) is 0.671. The van der Waals surface area contributed by atoms with Gasteiger partial charge in [0.1, 0.15) is 0 Å². The number of carbonyl (C=O) groups is 1. The van der Waals surface area contributed by atoms with Crippen molar-refractivity contribution in [2.24, 2.45) is 0 Å². The number of hydrogen-bond acceptors (Lipinski definition) is 4. The molecule has 1 amide bonds. The van der Waals surface area contributed by atoms with Gasteiger partial charge >= 0.3 is 0 Å². The molecular formula is C22H24N2O3. The summed E-state index contributed by atoms with van der Waals surface area (Å²) in [6.07, 6.45) is 4.76. The molecule has 2 aromatic carbocycles. The Morgan fingerprint density at radius 1 is 1.15 bits per heavy atom. The molecule has 27 heavy (non-hydrogen) atoms. The van der Waals surface area contributed by atoms with Crippen LogP contribution in [0.5, 0.6) is 11.5 Å². The van der Waals surface area contributed by atoms with E-state index in [-0.39, 0.29) is 18.6 Å². The van der Waals surface area contributed by atoms with Gasteiger partial charge in [0.05, 0.1) is 24.8 Å². The Bertz CT molecular complexity index is 870. The highest BCUT2D eigenvalue weighted by Crippen LogP contribution is 2.28. The maximum absolute atomic E-state index is 12.3. The van der Waals surface area contributed by atoms with Crippen LogP contribution in [-0.4, -0.2) is 19.6 Å². The summed E-state index contributed by atoms with van der Waals surface area (Å²) in [4.78, 5) is 12.3. The quantitative estimate of drug-likeness (QED) is 0.848. The minimum atomic E-state index is -0.202. The first-order chi connectivity index (χ1) is 13.1. The highest BCUT2D eigenvalue weighted by atomic mass is 16.5. The van der Waals surface area contributed by atoms with E-state index in [1.165, 1.54) is 31.1 Å². The molecule has 1 aliphatic carbocycles. The fourth-order valence-corrected chi connectivity index (χ4v) is 3.39. The van der Waals surface area contributed by atoms with E-state index in [0.717, 1.165) is 18.4 Å². The Hall–Kier alpha value is -3.00. The van der Waals surface area contributed by atoms with Crippen molar-refractivity contribution in [1.82, 2.24) is 5.32 Å². The van der Waals surface area contributed by atoms with E-state index < -0.39 is 0 Å². The van der Waals surface area contributed by atoms with Crippen molar-refractivity contribution in [3.8, 4) is 17.6 Å². The number of nitriles is 1. The van der Waals surface area contributed by atoms with E-state index in [1.54, 1.807) is 18.2 Å². The first kappa shape index (κ1) is 18.8. The molecule has 0 heterocycles. The molecule has 5 nitrogen and oxygen atoms in total. The van der Waals surface area contributed by atoms with E-state index in [2.05, 4.69) is 23.5 Å². The van der Waals surface area contributed by atoms with Crippen LogP contribution in [0, 0.1) is 11.3 Å². The van der Waals surface area contributed by atoms with Crippen molar-refractivity contribution in [1.29, 1.82) is 5.26 Å². The second-order valence-electron chi connectivity index (χ2n) is 6.79. The maximum atomic E-state index is 12.3. The van der Waals surface area contributed by atoms with Gasteiger partial charge in [-0.05, 0) is 61.4 Å². The number of rotatable bonds is 6. The Morgan fingerprint density at radius 3 is 2.67 bits per heavy atom. The van der Waals surface area contributed by atoms with Crippen LogP contribution >= 0.6 is 0 Å². The fraction of sp³-hybridized carbons (Fsp3) is 0.364. The summed E-state index contributed by atoms with van der Waals surface area (Å²) in [5.41, 5.74) is 4.42. The van der Waals surface area contributed by atoms with Crippen molar-refractivity contribution >= 4 is 5.91 Å². The van der Waals surface area contributed by atoms with Crippen molar-refractivity contribution in [2.45, 2.75) is 38.6 Å². The zero-order valence-electron chi connectivity index (χ0n) is 15.7. The maximum Gasteiger partial charge on any atom is 0.258 e. The minimum absolute atomic E-state index is 0.0869. The summed E-state index contributed by atoms with van der Waals surface area (Å²) >= 11 is 0. The van der Waals surface area contributed by atoms with E-state index in [1.807, 2.05) is 13.0 Å². The molecule has 0 spiro atoms. The van der Waals surface area contributed by atoms with Gasteiger partial charge in [0, 0.05) is 6.07 Å². The number of nitrogens with one attached hydrogen (secondary N) is 1. The van der Waals surface area contributed by atoms with Crippen LogP contribution in [0.3, 0.4) is 0 Å². The van der Waals surface area contributed by atoms with Gasteiger partial charge < -0.3 is 14.8 Å². The van der Waals surface area contributed by atoms with Crippen molar-refractivity contribution in [3.63, 3.8) is 0 Å². The average molecular weight is 364 g/mol. The summed E-state index contributed by atoms with van der Waals surface area (Å²) in [7, 11) is 1.50. The Kier molecular flexibility index (Phi) is 5.97. The predicted molar refractivity (Wildman–Crippen MR) is 103 cm³/mol. The predicted octanol–water partition coefficient (Wildman–Crippen LogP) is 3.70. The first-order valence-corrected chi connectivity index (χ1v) is 9.22. The Balaban J connectivity index is 1.59. The zero-order chi connectivity index (χ0) is 19.2. The van der Waals surface area contributed by atoms with Gasteiger partial charge in [-0.2, -0.15) is 5.26 Å². The third-order valence-corrected chi connectivity index (χ3v) is 4.90. The molecule has 0 radical (unpaired) electrons. The van der Waals surface area contributed by atoms with Crippen LogP contribution < -0.4 is 14.8 Å². The zero-order valence-corrected chi connectivity index (χ0v) is 15.7. The minimum Gasteiger partial charge on any atom is -0.493 e. The molecule has 0 saturated carbocycles. The largest absolute Gasteiger partial charge is 0.493 e. The van der Waals surface area contributed by atoms with Crippen molar-refractivity contribution in [3.05, 3.63) is 58.7 Å². The van der Waals surface area contributed by atoms with Crippen LogP contribution in [0.2, 0.25) is 0 Å². The monoisotopic (exact) mass is 364 g/mol. The van der Waals surface area contributed by atoms with Crippen molar-refractivity contribution in [2.75, 3.05) is 13.7 Å². The fourth-order valence-electron chi connectivity index (χ4n) is 3.39. The lowest BCUT2D eigenvalue weighted by atomic mass is 9.89. The molecular weight excluding hydrogens is 340 g/mol. The van der Waals surface area contributed by atoms with E-state index >= 15 is 0 Å².